The van der Waals surface area contributed by atoms with E-state index in [4.69, 9.17) is 9.47 Å². The highest BCUT2D eigenvalue weighted by Crippen LogP contribution is 1.94. The van der Waals surface area contributed by atoms with Gasteiger partial charge in [0, 0.05) is 13.7 Å². The molecule has 0 aromatic rings. The fraction of sp³-hybridized carbons (Fsp3) is 0.857. The van der Waals surface area contributed by atoms with Crippen molar-refractivity contribution in [3.05, 3.63) is 6.61 Å². The average molecular weight is 131 g/mol. The Morgan fingerprint density at radius 2 is 2.11 bits per heavy atom. The first-order valence-electron chi connectivity index (χ1n) is 3.23. The third-order valence-corrected chi connectivity index (χ3v) is 0.808. The highest BCUT2D eigenvalue weighted by Gasteiger charge is 1.91. The molecule has 2 heteroatoms. The number of ether oxygens (including phenoxy) is 2. The molecule has 0 N–H and O–H groups in total. The summed E-state index contributed by atoms with van der Waals surface area (Å²) in [7, 11) is 1.68. The van der Waals surface area contributed by atoms with Crippen LogP contribution in [0.4, 0.5) is 0 Å². The summed E-state index contributed by atoms with van der Waals surface area (Å²) in [6.07, 6.45) is 1.16. The molecule has 0 aromatic carbocycles. The lowest BCUT2D eigenvalue weighted by Gasteiger charge is -2.04. The molecule has 0 atom stereocenters. The fourth-order valence-electron chi connectivity index (χ4n) is 0.426. The fourth-order valence-corrected chi connectivity index (χ4v) is 0.426. The summed E-state index contributed by atoms with van der Waals surface area (Å²) in [6.45, 7) is 6.54. The first-order chi connectivity index (χ1) is 4.27. The van der Waals surface area contributed by atoms with E-state index in [-0.39, 0.29) is 0 Å². The zero-order valence-electron chi connectivity index (χ0n) is 6.39. The van der Waals surface area contributed by atoms with Gasteiger partial charge in [0.2, 0.25) is 0 Å². The number of methoxy groups -OCH3 is 1. The molecule has 0 spiro atoms. The van der Waals surface area contributed by atoms with Gasteiger partial charge in [0.05, 0.1) is 12.7 Å². The van der Waals surface area contributed by atoms with Crippen molar-refractivity contribution in [3.63, 3.8) is 0 Å². The second-order valence-electron chi connectivity index (χ2n) is 2.13. The molecule has 9 heavy (non-hydrogen) atoms. The molecule has 0 aliphatic carbocycles. The molecular formula is C7H15O2. The van der Waals surface area contributed by atoms with E-state index in [0.29, 0.717) is 6.10 Å². The van der Waals surface area contributed by atoms with E-state index in [1.165, 1.54) is 0 Å². The minimum atomic E-state index is 0.293. The summed E-state index contributed by atoms with van der Waals surface area (Å²) in [5, 5.41) is 0. The quantitative estimate of drug-likeness (QED) is 0.528. The molecular weight excluding hydrogens is 116 g/mol. The molecule has 0 fully saturated rings. The van der Waals surface area contributed by atoms with E-state index in [0.717, 1.165) is 13.0 Å². The van der Waals surface area contributed by atoms with Gasteiger partial charge in [0.1, 0.15) is 0 Å². The van der Waals surface area contributed by atoms with Gasteiger partial charge in [-0.25, -0.2) is 0 Å². The predicted octanol–water partition coefficient (Wildman–Crippen LogP) is 1.61. The lowest BCUT2D eigenvalue weighted by atomic mass is 10.4. The Kier molecular flexibility index (Phi) is 5.99. The maximum absolute atomic E-state index is 5.14. The molecule has 55 valence electrons. The van der Waals surface area contributed by atoms with Crippen LogP contribution in [0, 0.1) is 6.61 Å². The van der Waals surface area contributed by atoms with Crippen LogP contribution >= 0.6 is 0 Å². The highest BCUT2D eigenvalue weighted by atomic mass is 16.5. The molecule has 0 saturated heterocycles. The minimum Gasteiger partial charge on any atom is -0.385 e. The van der Waals surface area contributed by atoms with E-state index in [1.807, 2.05) is 13.8 Å². The molecule has 0 aromatic heterocycles. The summed E-state index contributed by atoms with van der Waals surface area (Å²) in [4.78, 5) is 0. The van der Waals surface area contributed by atoms with E-state index >= 15 is 0 Å². The van der Waals surface area contributed by atoms with Crippen LogP contribution in [-0.2, 0) is 9.47 Å². The van der Waals surface area contributed by atoms with Gasteiger partial charge in [0.25, 0.3) is 0 Å². The van der Waals surface area contributed by atoms with Crippen LogP contribution in [0.3, 0.4) is 0 Å². The minimum absolute atomic E-state index is 0.293. The molecule has 0 bridgehead atoms. The summed E-state index contributed by atoms with van der Waals surface area (Å²) in [5.74, 6) is 0. The van der Waals surface area contributed by atoms with Crippen LogP contribution in [0.2, 0.25) is 0 Å². The maximum atomic E-state index is 5.14. The summed E-state index contributed by atoms with van der Waals surface area (Å²) >= 11 is 0. The largest absolute Gasteiger partial charge is 0.385 e. The molecule has 1 radical (unpaired) electrons. The van der Waals surface area contributed by atoms with E-state index in [9.17, 15) is 0 Å². The summed E-state index contributed by atoms with van der Waals surface area (Å²) < 4.78 is 9.95. The van der Waals surface area contributed by atoms with Gasteiger partial charge in [-0.1, -0.05) is 0 Å². The SMILES string of the molecule is COCC[CH]OC(C)C. The zero-order chi connectivity index (χ0) is 7.11. The van der Waals surface area contributed by atoms with Gasteiger partial charge in [-0.2, -0.15) is 0 Å². The van der Waals surface area contributed by atoms with Gasteiger partial charge in [-0.05, 0) is 20.3 Å². The van der Waals surface area contributed by atoms with Gasteiger partial charge >= 0.3 is 0 Å². The highest BCUT2D eigenvalue weighted by molar-refractivity contribution is 4.50. The molecule has 0 heterocycles. The van der Waals surface area contributed by atoms with Crippen molar-refractivity contribution < 1.29 is 9.47 Å². The molecule has 0 aliphatic heterocycles. The zero-order valence-corrected chi connectivity index (χ0v) is 6.39. The average Bonchev–Trinajstić information content (AvgIpc) is 1.80. The Morgan fingerprint density at radius 1 is 1.44 bits per heavy atom. The second kappa shape index (κ2) is 6.05. The Hall–Kier alpha value is -0.0800. The topological polar surface area (TPSA) is 18.5 Å². The normalized spacial score (nSPS) is 10.7. The first-order valence-corrected chi connectivity index (χ1v) is 3.23. The van der Waals surface area contributed by atoms with Crippen LogP contribution in [-0.4, -0.2) is 19.8 Å². The Bertz CT molecular complexity index is 52.9. The monoisotopic (exact) mass is 131 g/mol. The second-order valence-corrected chi connectivity index (χ2v) is 2.13. The van der Waals surface area contributed by atoms with Crippen molar-refractivity contribution in [1.29, 1.82) is 0 Å². The van der Waals surface area contributed by atoms with Crippen molar-refractivity contribution in [3.8, 4) is 0 Å². The Balaban J connectivity index is 2.75. The van der Waals surface area contributed by atoms with Gasteiger partial charge in [-0.15, -0.1) is 0 Å². The molecule has 0 aliphatic rings. The van der Waals surface area contributed by atoms with E-state index in [1.54, 1.807) is 13.7 Å². The smallest absolute Gasteiger partial charge is 0.0863 e. The number of rotatable bonds is 5. The predicted molar refractivity (Wildman–Crippen MR) is 37.0 cm³/mol. The number of hydrogen-bond acceptors (Lipinski definition) is 2. The number of hydrogen-bond donors (Lipinski definition) is 0. The molecule has 0 saturated carbocycles. The van der Waals surface area contributed by atoms with E-state index in [2.05, 4.69) is 0 Å². The van der Waals surface area contributed by atoms with Crippen LogP contribution in [0.5, 0.6) is 0 Å². The van der Waals surface area contributed by atoms with Crippen molar-refractivity contribution in [2.75, 3.05) is 13.7 Å². The Morgan fingerprint density at radius 3 is 2.56 bits per heavy atom. The van der Waals surface area contributed by atoms with Gasteiger partial charge < -0.3 is 9.47 Å². The third-order valence-electron chi connectivity index (χ3n) is 0.808. The molecule has 0 rings (SSSR count). The molecule has 2 nitrogen and oxygen atoms in total. The molecule has 0 unspecified atom stereocenters. The van der Waals surface area contributed by atoms with Crippen molar-refractivity contribution in [2.45, 2.75) is 26.4 Å². The Labute approximate surface area is 57.2 Å². The van der Waals surface area contributed by atoms with Crippen molar-refractivity contribution >= 4 is 0 Å². The van der Waals surface area contributed by atoms with Gasteiger partial charge in [-0.3, -0.25) is 0 Å². The first kappa shape index (κ1) is 8.92. The van der Waals surface area contributed by atoms with Crippen LogP contribution in [0.25, 0.3) is 0 Å². The lowest BCUT2D eigenvalue weighted by molar-refractivity contribution is 0.110. The van der Waals surface area contributed by atoms with Crippen LogP contribution in [0.1, 0.15) is 20.3 Å². The van der Waals surface area contributed by atoms with Crippen molar-refractivity contribution in [1.82, 2.24) is 0 Å². The molecule has 0 amide bonds. The lowest BCUT2D eigenvalue weighted by Crippen LogP contribution is -2.00. The summed E-state index contributed by atoms with van der Waals surface area (Å²) in [6, 6.07) is 0. The van der Waals surface area contributed by atoms with Crippen molar-refractivity contribution in [2.24, 2.45) is 0 Å². The summed E-state index contributed by atoms with van der Waals surface area (Å²) in [5.41, 5.74) is 0. The van der Waals surface area contributed by atoms with E-state index < -0.39 is 0 Å². The van der Waals surface area contributed by atoms with Crippen LogP contribution < -0.4 is 0 Å². The van der Waals surface area contributed by atoms with Crippen LogP contribution in [0.15, 0.2) is 0 Å². The maximum Gasteiger partial charge on any atom is 0.0863 e. The standard InChI is InChI=1S/C7H15O2/c1-7(2)9-6-4-5-8-3/h6-7H,4-5H2,1-3H3. The van der Waals surface area contributed by atoms with Gasteiger partial charge in [0.15, 0.2) is 0 Å². The third kappa shape index (κ3) is 7.92.